The van der Waals surface area contributed by atoms with Gasteiger partial charge in [0, 0.05) is 18.8 Å². The van der Waals surface area contributed by atoms with Crippen molar-refractivity contribution in [2.24, 2.45) is 5.16 Å². The van der Waals surface area contributed by atoms with Gasteiger partial charge in [0.15, 0.2) is 0 Å². The molecule has 29 heavy (non-hydrogen) atoms. The smallest absolute Gasteiger partial charge is 0.407 e. The monoisotopic (exact) mass is 414 g/mol. The molecule has 150 valence electrons. The quantitative estimate of drug-likeness (QED) is 0.751. The van der Waals surface area contributed by atoms with Gasteiger partial charge in [-0.05, 0) is 22.3 Å². The first-order chi connectivity index (χ1) is 14.0. The summed E-state index contributed by atoms with van der Waals surface area (Å²) in [5.41, 5.74) is 4.41. The summed E-state index contributed by atoms with van der Waals surface area (Å²) in [7, 11) is 0. The number of halogens is 1. The van der Waals surface area contributed by atoms with Gasteiger partial charge in [-0.3, -0.25) is 0 Å². The molecule has 2 atom stereocenters. The Morgan fingerprint density at radius 1 is 1.17 bits per heavy atom. The number of benzene rings is 2. The molecule has 2 aromatic rings. The molecule has 8 heteroatoms. The number of ether oxygens (including phenoxy) is 1. The second-order valence-electron chi connectivity index (χ2n) is 7.00. The minimum absolute atomic E-state index is 0.0409. The molecule has 0 aromatic heterocycles. The largest absolute Gasteiger partial charge is 0.480 e. The molecule has 0 saturated heterocycles. The minimum Gasteiger partial charge on any atom is -0.480 e. The van der Waals surface area contributed by atoms with Gasteiger partial charge in [0.2, 0.25) is 0 Å². The standard InChI is InChI=1S/C21H19ClN2O5/c22-19-10-12(29-24-19)9-18(20(25)26)23-21(27)28-11-17-15-7-3-1-5-13(15)14-6-2-4-8-16(14)17/h1-8,12,17-18H,9-11H2,(H,23,27)(H,25,26)/t12?,18-/m1/s1. The summed E-state index contributed by atoms with van der Waals surface area (Å²) in [6.45, 7) is 0.112. The predicted molar refractivity (Wildman–Crippen MR) is 107 cm³/mol. The molecule has 0 spiro atoms. The van der Waals surface area contributed by atoms with Gasteiger partial charge < -0.3 is 20.0 Å². The third kappa shape index (κ3) is 4.05. The van der Waals surface area contributed by atoms with E-state index in [9.17, 15) is 14.7 Å². The van der Waals surface area contributed by atoms with Crippen LogP contribution in [-0.2, 0) is 14.4 Å². The molecule has 4 rings (SSSR count). The second kappa shape index (κ2) is 8.13. The molecule has 1 aliphatic heterocycles. The van der Waals surface area contributed by atoms with Crippen LogP contribution in [0.2, 0.25) is 0 Å². The van der Waals surface area contributed by atoms with Gasteiger partial charge in [-0.2, -0.15) is 0 Å². The van der Waals surface area contributed by atoms with Crippen molar-refractivity contribution in [1.82, 2.24) is 5.32 Å². The summed E-state index contributed by atoms with van der Waals surface area (Å²) in [5, 5.41) is 15.7. The summed E-state index contributed by atoms with van der Waals surface area (Å²) in [4.78, 5) is 28.8. The number of carboxylic acid groups (broad SMARTS) is 1. The number of hydrogen-bond acceptors (Lipinski definition) is 5. The van der Waals surface area contributed by atoms with Crippen molar-refractivity contribution in [3.05, 3.63) is 59.7 Å². The number of carbonyl (C=O) groups excluding carboxylic acids is 1. The van der Waals surface area contributed by atoms with Crippen molar-refractivity contribution in [3.63, 3.8) is 0 Å². The first-order valence-corrected chi connectivity index (χ1v) is 9.63. The number of amides is 1. The Kier molecular flexibility index (Phi) is 5.40. The summed E-state index contributed by atoms with van der Waals surface area (Å²) in [6, 6.07) is 14.8. The number of rotatable bonds is 6. The van der Waals surface area contributed by atoms with Crippen LogP contribution in [0.25, 0.3) is 11.1 Å². The number of aliphatic carboxylic acids is 1. The van der Waals surface area contributed by atoms with Crippen molar-refractivity contribution >= 4 is 28.8 Å². The first kappa shape index (κ1) is 19.3. The molecule has 1 unspecified atom stereocenters. The third-order valence-electron chi connectivity index (χ3n) is 5.13. The van der Waals surface area contributed by atoms with E-state index < -0.39 is 24.2 Å². The van der Waals surface area contributed by atoms with Crippen LogP contribution in [0, 0.1) is 0 Å². The predicted octanol–water partition coefficient (Wildman–Crippen LogP) is 3.71. The lowest BCUT2D eigenvalue weighted by Gasteiger charge is -2.18. The van der Waals surface area contributed by atoms with Gasteiger partial charge >= 0.3 is 12.1 Å². The molecule has 7 nitrogen and oxygen atoms in total. The summed E-state index contributed by atoms with van der Waals surface area (Å²) >= 11 is 5.75. The van der Waals surface area contributed by atoms with Crippen LogP contribution >= 0.6 is 11.6 Å². The topological polar surface area (TPSA) is 97.2 Å². The zero-order valence-corrected chi connectivity index (χ0v) is 16.1. The fourth-order valence-corrected chi connectivity index (χ4v) is 4.00. The molecule has 2 aliphatic rings. The van der Waals surface area contributed by atoms with Crippen molar-refractivity contribution in [2.45, 2.75) is 30.9 Å². The van der Waals surface area contributed by atoms with Crippen LogP contribution in [0.5, 0.6) is 0 Å². The lowest BCUT2D eigenvalue weighted by Crippen LogP contribution is -2.43. The van der Waals surface area contributed by atoms with Gasteiger partial charge in [0.25, 0.3) is 0 Å². The maximum absolute atomic E-state index is 12.3. The van der Waals surface area contributed by atoms with Gasteiger partial charge in [0.05, 0.1) is 0 Å². The molecule has 1 amide bonds. The molecule has 1 aliphatic carbocycles. The van der Waals surface area contributed by atoms with E-state index in [0.717, 1.165) is 22.3 Å². The molecule has 0 radical (unpaired) electrons. The van der Waals surface area contributed by atoms with Crippen molar-refractivity contribution in [3.8, 4) is 11.1 Å². The molecular weight excluding hydrogens is 396 g/mol. The van der Waals surface area contributed by atoms with Crippen LogP contribution in [0.1, 0.15) is 29.9 Å². The van der Waals surface area contributed by atoms with Crippen molar-refractivity contribution in [1.29, 1.82) is 0 Å². The number of carbonyl (C=O) groups is 2. The maximum atomic E-state index is 12.3. The Hall–Kier alpha value is -3.06. The molecular formula is C21H19ClN2O5. The number of alkyl carbamates (subject to hydrolysis) is 1. The van der Waals surface area contributed by atoms with E-state index in [0.29, 0.717) is 6.42 Å². The Bertz CT molecular complexity index is 932. The lowest BCUT2D eigenvalue weighted by molar-refractivity contribution is -0.140. The van der Waals surface area contributed by atoms with Crippen LogP contribution < -0.4 is 5.32 Å². The van der Waals surface area contributed by atoms with Gasteiger partial charge in [-0.25, -0.2) is 9.59 Å². The number of hydrogen-bond donors (Lipinski definition) is 2. The number of fused-ring (bicyclic) bond motifs is 3. The highest BCUT2D eigenvalue weighted by Gasteiger charge is 2.31. The molecule has 0 saturated carbocycles. The Balaban J connectivity index is 1.39. The molecule has 0 fully saturated rings. The number of carboxylic acids is 1. The summed E-state index contributed by atoms with van der Waals surface area (Å²) in [5.74, 6) is -1.27. The average molecular weight is 415 g/mol. The van der Waals surface area contributed by atoms with Crippen LogP contribution in [0.3, 0.4) is 0 Å². The van der Waals surface area contributed by atoms with Gasteiger partial charge in [0.1, 0.15) is 23.9 Å². The van der Waals surface area contributed by atoms with Crippen LogP contribution in [0.4, 0.5) is 4.79 Å². The molecule has 2 N–H and O–H groups in total. The Morgan fingerprint density at radius 3 is 2.34 bits per heavy atom. The van der Waals surface area contributed by atoms with E-state index >= 15 is 0 Å². The minimum atomic E-state index is -1.18. The molecule has 0 bridgehead atoms. The van der Waals surface area contributed by atoms with Gasteiger partial charge in [-0.1, -0.05) is 65.3 Å². The van der Waals surface area contributed by atoms with Crippen molar-refractivity contribution < 1.29 is 24.3 Å². The highest BCUT2D eigenvalue weighted by Crippen LogP contribution is 2.44. The van der Waals surface area contributed by atoms with E-state index in [-0.39, 0.29) is 24.1 Å². The highest BCUT2D eigenvalue weighted by molar-refractivity contribution is 6.65. The van der Waals surface area contributed by atoms with Crippen molar-refractivity contribution in [2.75, 3.05) is 6.61 Å². The van der Waals surface area contributed by atoms with Crippen LogP contribution in [0.15, 0.2) is 53.7 Å². The highest BCUT2D eigenvalue weighted by atomic mass is 35.5. The number of nitrogens with zero attached hydrogens (tertiary/aromatic N) is 1. The van der Waals surface area contributed by atoms with E-state index in [1.54, 1.807) is 0 Å². The Labute approximate surface area is 172 Å². The Morgan fingerprint density at radius 2 is 1.79 bits per heavy atom. The van der Waals surface area contributed by atoms with Gasteiger partial charge in [-0.15, -0.1) is 0 Å². The van der Waals surface area contributed by atoms with Crippen LogP contribution in [-0.4, -0.2) is 41.1 Å². The van der Waals surface area contributed by atoms with E-state index in [1.165, 1.54) is 0 Å². The summed E-state index contributed by atoms with van der Waals surface area (Å²) < 4.78 is 5.40. The van der Waals surface area contributed by atoms with E-state index in [4.69, 9.17) is 21.2 Å². The first-order valence-electron chi connectivity index (χ1n) is 9.25. The lowest BCUT2D eigenvalue weighted by atomic mass is 9.98. The molecule has 2 aromatic carbocycles. The molecule has 1 heterocycles. The zero-order chi connectivity index (χ0) is 20.4. The average Bonchev–Trinajstić information content (AvgIpc) is 3.27. The fraction of sp³-hybridized carbons (Fsp3) is 0.286. The zero-order valence-electron chi connectivity index (χ0n) is 15.4. The normalized spacial score (nSPS) is 18.2. The second-order valence-corrected chi connectivity index (χ2v) is 7.43. The maximum Gasteiger partial charge on any atom is 0.407 e. The van der Waals surface area contributed by atoms with E-state index in [2.05, 4.69) is 10.5 Å². The number of oxime groups is 1. The number of nitrogens with one attached hydrogen (secondary N) is 1. The third-order valence-corrected chi connectivity index (χ3v) is 5.35. The van der Waals surface area contributed by atoms with E-state index in [1.807, 2.05) is 48.5 Å². The summed E-state index contributed by atoms with van der Waals surface area (Å²) in [6.07, 6.45) is -0.918. The fourth-order valence-electron chi connectivity index (χ4n) is 3.79. The SMILES string of the molecule is O=C(N[C@H](CC1CC(Cl)=NO1)C(=O)O)OCC1c2ccccc2-c2ccccc21.